The molecule has 4 rings (SSSR count). The largest absolute Gasteiger partial charge is 0.497 e. The van der Waals surface area contributed by atoms with Gasteiger partial charge < -0.3 is 10.5 Å². The van der Waals surface area contributed by atoms with Gasteiger partial charge in [-0.1, -0.05) is 36.4 Å². The molecule has 0 spiro atoms. The SMILES string of the molecule is COc1ccc(Cc2nc(N)c([N+](=O)[O-])c(CCc3ccc(CN4CCCC4)cc3)n2)cc1. The van der Waals surface area contributed by atoms with Crippen molar-refractivity contribution in [2.45, 2.75) is 38.6 Å². The highest BCUT2D eigenvalue weighted by molar-refractivity contribution is 5.55. The maximum Gasteiger partial charge on any atom is 0.332 e. The predicted octanol–water partition coefficient (Wildman–Crippen LogP) is 3.95. The number of nitrogens with zero attached hydrogens (tertiary/aromatic N) is 4. The molecule has 2 N–H and O–H groups in total. The molecule has 0 radical (unpaired) electrons. The van der Waals surface area contributed by atoms with Crippen molar-refractivity contribution in [2.24, 2.45) is 0 Å². The van der Waals surface area contributed by atoms with Crippen molar-refractivity contribution in [1.82, 2.24) is 14.9 Å². The Kier molecular flexibility index (Phi) is 7.14. The molecule has 172 valence electrons. The fraction of sp³-hybridized carbons (Fsp3) is 0.360. The first-order chi connectivity index (χ1) is 16.0. The quantitative estimate of drug-likeness (QED) is 0.391. The molecular weight excluding hydrogens is 418 g/mol. The number of ether oxygens (including phenoxy) is 1. The standard InChI is InChI=1S/C25H29N5O3/c1-33-21-11-8-19(9-12-21)16-23-27-22(24(30(31)32)25(26)28-23)13-10-18-4-6-20(7-5-18)17-29-14-2-3-15-29/h4-9,11-12H,2-3,10,13-17H2,1H3,(H2,26,27,28). The van der Waals surface area contributed by atoms with E-state index >= 15 is 0 Å². The topological polar surface area (TPSA) is 107 Å². The molecule has 1 fully saturated rings. The lowest BCUT2D eigenvalue weighted by Crippen LogP contribution is -2.18. The fourth-order valence-corrected chi connectivity index (χ4v) is 4.22. The van der Waals surface area contributed by atoms with Crippen molar-refractivity contribution in [3.63, 3.8) is 0 Å². The monoisotopic (exact) mass is 447 g/mol. The van der Waals surface area contributed by atoms with Crippen LogP contribution in [0, 0.1) is 10.1 Å². The molecule has 0 saturated carbocycles. The molecule has 1 saturated heterocycles. The van der Waals surface area contributed by atoms with E-state index in [4.69, 9.17) is 10.5 Å². The van der Waals surface area contributed by atoms with E-state index in [1.807, 2.05) is 24.3 Å². The first-order valence-electron chi connectivity index (χ1n) is 11.2. The molecular formula is C25H29N5O3. The molecule has 3 aromatic rings. The summed E-state index contributed by atoms with van der Waals surface area (Å²) in [5.74, 6) is 1.14. The number of hydrogen-bond acceptors (Lipinski definition) is 7. The number of anilines is 1. The van der Waals surface area contributed by atoms with Gasteiger partial charge in [-0.25, -0.2) is 9.97 Å². The second-order valence-electron chi connectivity index (χ2n) is 8.40. The van der Waals surface area contributed by atoms with Crippen LogP contribution in [-0.2, 0) is 25.8 Å². The first kappa shape index (κ1) is 22.7. The summed E-state index contributed by atoms with van der Waals surface area (Å²) in [6.45, 7) is 3.31. The number of benzene rings is 2. The van der Waals surface area contributed by atoms with Crippen molar-refractivity contribution in [1.29, 1.82) is 0 Å². The Labute approximate surface area is 193 Å². The molecule has 0 bridgehead atoms. The third kappa shape index (κ3) is 5.84. The van der Waals surface area contributed by atoms with Crippen molar-refractivity contribution in [3.8, 4) is 5.75 Å². The minimum Gasteiger partial charge on any atom is -0.497 e. The number of likely N-dealkylation sites (tertiary alicyclic amines) is 1. The molecule has 8 nitrogen and oxygen atoms in total. The summed E-state index contributed by atoms with van der Waals surface area (Å²) >= 11 is 0. The lowest BCUT2D eigenvalue weighted by atomic mass is 10.0. The Morgan fingerprint density at radius 3 is 2.24 bits per heavy atom. The number of hydrogen-bond donors (Lipinski definition) is 1. The van der Waals surface area contributed by atoms with E-state index in [-0.39, 0.29) is 11.5 Å². The number of nitro groups is 1. The van der Waals surface area contributed by atoms with E-state index in [0.717, 1.165) is 23.4 Å². The van der Waals surface area contributed by atoms with Crippen LogP contribution in [0.2, 0.25) is 0 Å². The number of nitrogen functional groups attached to an aromatic ring is 1. The Morgan fingerprint density at radius 1 is 0.970 bits per heavy atom. The molecule has 2 heterocycles. The highest BCUT2D eigenvalue weighted by Crippen LogP contribution is 2.26. The molecule has 0 amide bonds. The van der Waals surface area contributed by atoms with Gasteiger partial charge in [-0.15, -0.1) is 0 Å². The van der Waals surface area contributed by atoms with Crippen LogP contribution in [-0.4, -0.2) is 40.0 Å². The van der Waals surface area contributed by atoms with Crippen LogP contribution in [0.4, 0.5) is 11.5 Å². The molecule has 8 heteroatoms. The predicted molar refractivity (Wildman–Crippen MR) is 127 cm³/mol. The molecule has 0 aliphatic carbocycles. The first-order valence-corrected chi connectivity index (χ1v) is 11.2. The fourth-order valence-electron chi connectivity index (χ4n) is 4.22. The molecule has 1 aromatic heterocycles. The van der Waals surface area contributed by atoms with Crippen LogP contribution in [0.25, 0.3) is 0 Å². The van der Waals surface area contributed by atoms with Crippen LogP contribution in [0.15, 0.2) is 48.5 Å². The molecule has 0 unspecified atom stereocenters. The van der Waals surface area contributed by atoms with Crippen molar-refractivity contribution >= 4 is 11.5 Å². The van der Waals surface area contributed by atoms with Gasteiger partial charge in [0.2, 0.25) is 5.82 Å². The summed E-state index contributed by atoms with van der Waals surface area (Å²) in [7, 11) is 1.61. The highest BCUT2D eigenvalue weighted by Gasteiger charge is 2.23. The summed E-state index contributed by atoms with van der Waals surface area (Å²) in [4.78, 5) is 22.3. The Morgan fingerprint density at radius 2 is 1.61 bits per heavy atom. The van der Waals surface area contributed by atoms with Crippen LogP contribution in [0.5, 0.6) is 5.75 Å². The van der Waals surface area contributed by atoms with E-state index in [1.165, 1.54) is 31.5 Å². The smallest absolute Gasteiger partial charge is 0.332 e. The lowest BCUT2D eigenvalue weighted by Gasteiger charge is -2.14. The Hall–Kier alpha value is -3.52. The average molecular weight is 448 g/mol. The van der Waals surface area contributed by atoms with Crippen LogP contribution in [0.1, 0.15) is 41.1 Å². The van der Waals surface area contributed by atoms with E-state index < -0.39 is 4.92 Å². The van der Waals surface area contributed by atoms with Gasteiger partial charge in [0.1, 0.15) is 17.3 Å². The number of aromatic nitrogens is 2. The zero-order chi connectivity index (χ0) is 23.2. The maximum absolute atomic E-state index is 11.6. The van der Waals surface area contributed by atoms with Gasteiger partial charge in [0.05, 0.1) is 12.0 Å². The Bertz CT molecular complexity index is 1090. The number of nitrogens with two attached hydrogens (primary N) is 1. The molecule has 1 aliphatic heterocycles. The van der Waals surface area contributed by atoms with Crippen molar-refractivity contribution < 1.29 is 9.66 Å². The van der Waals surface area contributed by atoms with Gasteiger partial charge in [0.15, 0.2) is 0 Å². The number of aryl methyl sites for hydroxylation is 2. The van der Waals surface area contributed by atoms with Crippen LogP contribution < -0.4 is 10.5 Å². The van der Waals surface area contributed by atoms with E-state index in [1.54, 1.807) is 7.11 Å². The van der Waals surface area contributed by atoms with Gasteiger partial charge >= 0.3 is 5.69 Å². The summed E-state index contributed by atoms with van der Waals surface area (Å²) in [5, 5.41) is 11.6. The van der Waals surface area contributed by atoms with Crippen molar-refractivity contribution in [3.05, 3.63) is 86.9 Å². The van der Waals surface area contributed by atoms with E-state index in [0.29, 0.717) is 30.8 Å². The minimum absolute atomic E-state index is 0.0885. The highest BCUT2D eigenvalue weighted by atomic mass is 16.6. The zero-order valence-electron chi connectivity index (χ0n) is 18.9. The van der Waals surface area contributed by atoms with Gasteiger partial charge in [-0.3, -0.25) is 15.0 Å². The summed E-state index contributed by atoms with van der Waals surface area (Å²) < 4.78 is 5.19. The van der Waals surface area contributed by atoms with Gasteiger partial charge in [-0.05, 0) is 61.2 Å². The second kappa shape index (κ2) is 10.4. The van der Waals surface area contributed by atoms with Gasteiger partial charge in [-0.2, -0.15) is 0 Å². The van der Waals surface area contributed by atoms with E-state index in [9.17, 15) is 10.1 Å². The summed E-state index contributed by atoms with van der Waals surface area (Å²) in [6, 6.07) is 16.0. The maximum atomic E-state index is 11.6. The molecule has 33 heavy (non-hydrogen) atoms. The van der Waals surface area contributed by atoms with Gasteiger partial charge in [0.25, 0.3) is 0 Å². The molecule has 2 aromatic carbocycles. The van der Waals surface area contributed by atoms with Crippen LogP contribution >= 0.6 is 0 Å². The second-order valence-corrected chi connectivity index (χ2v) is 8.40. The number of rotatable bonds is 9. The summed E-state index contributed by atoms with van der Waals surface area (Å²) in [6.07, 6.45) is 4.05. The minimum atomic E-state index is -0.485. The average Bonchev–Trinajstić information content (AvgIpc) is 3.31. The molecule has 1 aliphatic rings. The third-order valence-electron chi connectivity index (χ3n) is 6.01. The lowest BCUT2D eigenvalue weighted by molar-refractivity contribution is -0.385. The van der Waals surface area contributed by atoms with Crippen LogP contribution in [0.3, 0.4) is 0 Å². The van der Waals surface area contributed by atoms with E-state index in [2.05, 4.69) is 39.1 Å². The van der Waals surface area contributed by atoms with Crippen molar-refractivity contribution in [2.75, 3.05) is 25.9 Å². The Balaban J connectivity index is 1.47. The normalized spacial score (nSPS) is 13.8. The number of methoxy groups -OCH3 is 1. The summed E-state index contributed by atoms with van der Waals surface area (Å²) in [5.41, 5.74) is 9.53. The third-order valence-corrected chi connectivity index (χ3v) is 6.01. The van der Waals surface area contributed by atoms with Gasteiger partial charge in [0, 0.05) is 19.4 Å². The molecule has 0 atom stereocenters. The zero-order valence-corrected chi connectivity index (χ0v) is 18.9.